The standard InChI is InChI=1S/C14H30N2/c1-5-16(13(4)9-8-12(2)3)14-7-6-10-15-11-14/h12-15H,5-11H2,1-4H3. The zero-order valence-corrected chi connectivity index (χ0v) is 11.6. The smallest absolute Gasteiger partial charge is 0.0223 e. The maximum absolute atomic E-state index is 3.53. The second-order valence-corrected chi connectivity index (χ2v) is 5.65. The van der Waals surface area contributed by atoms with Gasteiger partial charge in [0, 0.05) is 18.6 Å². The highest BCUT2D eigenvalue weighted by atomic mass is 15.2. The number of nitrogens with one attached hydrogen (secondary N) is 1. The van der Waals surface area contributed by atoms with Gasteiger partial charge in [0.25, 0.3) is 0 Å². The molecular formula is C14H30N2. The van der Waals surface area contributed by atoms with Crippen molar-refractivity contribution in [3.8, 4) is 0 Å². The highest BCUT2D eigenvalue weighted by molar-refractivity contribution is 4.81. The van der Waals surface area contributed by atoms with Gasteiger partial charge in [-0.3, -0.25) is 4.90 Å². The summed E-state index contributed by atoms with van der Waals surface area (Å²) in [6, 6.07) is 1.53. The first kappa shape index (κ1) is 14.0. The fourth-order valence-corrected chi connectivity index (χ4v) is 2.79. The SMILES string of the molecule is CCN(C(C)CCC(C)C)C1CCCNC1. The fraction of sp³-hybridized carbons (Fsp3) is 1.00. The molecule has 1 heterocycles. The van der Waals surface area contributed by atoms with E-state index in [9.17, 15) is 0 Å². The lowest BCUT2D eigenvalue weighted by atomic mass is 9.99. The minimum Gasteiger partial charge on any atom is -0.315 e. The molecule has 1 saturated heterocycles. The van der Waals surface area contributed by atoms with Crippen molar-refractivity contribution in [3.05, 3.63) is 0 Å². The average molecular weight is 226 g/mol. The zero-order chi connectivity index (χ0) is 12.0. The van der Waals surface area contributed by atoms with Crippen molar-refractivity contribution < 1.29 is 0 Å². The molecule has 0 saturated carbocycles. The van der Waals surface area contributed by atoms with Crippen LogP contribution in [0.5, 0.6) is 0 Å². The second kappa shape index (κ2) is 7.29. The fourth-order valence-electron chi connectivity index (χ4n) is 2.79. The molecule has 2 heteroatoms. The summed E-state index contributed by atoms with van der Waals surface area (Å²) in [6.45, 7) is 13.0. The molecule has 1 aliphatic rings. The van der Waals surface area contributed by atoms with Gasteiger partial charge in [0.15, 0.2) is 0 Å². The van der Waals surface area contributed by atoms with Gasteiger partial charge in [-0.2, -0.15) is 0 Å². The number of nitrogens with zero attached hydrogens (tertiary/aromatic N) is 1. The molecule has 0 spiro atoms. The first-order chi connectivity index (χ1) is 7.65. The van der Waals surface area contributed by atoms with Crippen LogP contribution in [0.15, 0.2) is 0 Å². The lowest BCUT2D eigenvalue weighted by molar-refractivity contribution is 0.119. The normalized spacial score (nSPS) is 24.0. The highest BCUT2D eigenvalue weighted by Gasteiger charge is 2.23. The average Bonchev–Trinajstić information content (AvgIpc) is 2.29. The number of rotatable bonds is 6. The number of hydrogen-bond donors (Lipinski definition) is 1. The first-order valence-electron chi connectivity index (χ1n) is 7.11. The lowest BCUT2D eigenvalue weighted by Gasteiger charge is -2.38. The van der Waals surface area contributed by atoms with E-state index in [0.29, 0.717) is 0 Å². The van der Waals surface area contributed by atoms with E-state index in [1.165, 1.54) is 45.3 Å². The van der Waals surface area contributed by atoms with Gasteiger partial charge in [-0.05, 0) is 51.6 Å². The Labute approximate surface area is 102 Å². The molecule has 0 aromatic carbocycles. The molecule has 0 radical (unpaired) electrons. The molecule has 1 fully saturated rings. The number of likely N-dealkylation sites (N-methyl/N-ethyl adjacent to an activating group) is 1. The summed E-state index contributed by atoms with van der Waals surface area (Å²) >= 11 is 0. The van der Waals surface area contributed by atoms with Crippen LogP contribution in [-0.2, 0) is 0 Å². The molecule has 0 aromatic heterocycles. The van der Waals surface area contributed by atoms with E-state index in [0.717, 1.165) is 18.0 Å². The molecule has 0 aliphatic carbocycles. The van der Waals surface area contributed by atoms with Crippen LogP contribution in [0.4, 0.5) is 0 Å². The summed E-state index contributed by atoms with van der Waals surface area (Å²) < 4.78 is 0. The Bertz CT molecular complexity index is 174. The third-order valence-corrected chi connectivity index (χ3v) is 3.83. The van der Waals surface area contributed by atoms with Gasteiger partial charge in [0.05, 0.1) is 0 Å². The topological polar surface area (TPSA) is 15.3 Å². The van der Waals surface area contributed by atoms with E-state index in [4.69, 9.17) is 0 Å². The van der Waals surface area contributed by atoms with Crippen LogP contribution in [0.3, 0.4) is 0 Å². The van der Waals surface area contributed by atoms with E-state index >= 15 is 0 Å². The molecule has 0 amide bonds. The van der Waals surface area contributed by atoms with Crippen molar-refractivity contribution in [3.63, 3.8) is 0 Å². The molecular weight excluding hydrogens is 196 g/mol. The Hall–Kier alpha value is -0.0800. The zero-order valence-electron chi connectivity index (χ0n) is 11.6. The quantitative estimate of drug-likeness (QED) is 0.749. The van der Waals surface area contributed by atoms with Crippen molar-refractivity contribution in [2.45, 2.75) is 65.5 Å². The van der Waals surface area contributed by atoms with Crippen molar-refractivity contribution in [1.82, 2.24) is 10.2 Å². The Morgan fingerprint density at radius 3 is 2.50 bits per heavy atom. The Kier molecular flexibility index (Phi) is 6.37. The van der Waals surface area contributed by atoms with Crippen molar-refractivity contribution in [1.29, 1.82) is 0 Å². The van der Waals surface area contributed by atoms with E-state index in [1.54, 1.807) is 0 Å². The van der Waals surface area contributed by atoms with Crippen LogP contribution in [0, 0.1) is 5.92 Å². The molecule has 2 atom stereocenters. The summed E-state index contributed by atoms with van der Waals surface area (Å²) in [6.07, 6.45) is 5.44. The molecule has 1 N–H and O–H groups in total. The lowest BCUT2D eigenvalue weighted by Crippen LogP contribution is -2.49. The van der Waals surface area contributed by atoms with E-state index in [1.807, 2.05) is 0 Å². The summed E-state index contributed by atoms with van der Waals surface area (Å²) in [7, 11) is 0. The second-order valence-electron chi connectivity index (χ2n) is 5.65. The van der Waals surface area contributed by atoms with Crippen LogP contribution in [-0.4, -0.2) is 36.6 Å². The molecule has 2 nitrogen and oxygen atoms in total. The van der Waals surface area contributed by atoms with Crippen LogP contribution < -0.4 is 5.32 Å². The van der Waals surface area contributed by atoms with Gasteiger partial charge in [-0.25, -0.2) is 0 Å². The Balaban J connectivity index is 2.38. The van der Waals surface area contributed by atoms with E-state index < -0.39 is 0 Å². The maximum Gasteiger partial charge on any atom is 0.0223 e. The number of hydrogen-bond acceptors (Lipinski definition) is 2. The van der Waals surface area contributed by atoms with Gasteiger partial charge in [0.2, 0.25) is 0 Å². The maximum atomic E-state index is 3.53. The predicted octanol–water partition coefficient (Wildman–Crippen LogP) is 2.89. The highest BCUT2D eigenvalue weighted by Crippen LogP contribution is 2.18. The molecule has 2 unspecified atom stereocenters. The van der Waals surface area contributed by atoms with Gasteiger partial charge >= 0.3 is 0 Å². The van der Waals surface area contributed by atoms with Crippen molar-refractivity contribution in [2.24, 2.45) is 5.92 Å². The van der Waals surface area contributed by atoms with Crippen LogP contribution in [0.25, 0.3) is 0 Å². The van der Waals surface area contributed by atoms with Gasteiger partial charge in [-0.15, -0.1) is 0 Å². The first-order valence-corrected chi connectivity index (χ1v) is 7.11. The summed E-state index contributed by atoms with van der Waals surface area (Å²) in [5, 5.41) is 3.53. The summed E-state index contributed by atoms with van der Waals surface area (Å²) in [4.78, 5) is 2.70. The van der Waals surface area contributed by atoms with Crippen molar-refractivity contribution in [2.75, 3.05) is 19.6 Å². The third kappa shape index (κ3) is 4.42. The molecule has 0 bridgehead atoms. The minimum atomic E-state index is 0.747. The number of piperidine rings is 1. The van der Waals surface area contributed by atoms with Crippen LogP contribution >= 0.6 is 0 Å². The van der Waals surface area contributed by atoms with Crippen molar-refractivity contribution >= 4 is 0 Å². The molecule has 1 aliphatic heterocycles. The largest absolute Gasteiger partial charge is 0.315 e. The summed E-state index contributed by atoms with van der Waals surface area (Å²) in [5.74, 6) is 0.839. The van der Waals surface area contributed by atoms with Crippen LogP contribution in [0.2, 0.25) is 0 Å². The monoisotopic (exact) mass is 226 g/mol. The van der Waals surface area contributed by atoms with Gasteiger partial charge in [-0.1, -0.05) is 20.8 Å². The predicted molar refractivity (Wildman–Crippen MR) is 71.8 cm³/mol. The third-order valence-electron chi connectivity index (χ3n) is 3.83. The molecule has 0 aromatic rings. The molecule has 16 heavy (non-hydrogen) atoms. The van der Waals surface area contributed by atoms with E-state index in [-0.39, 0.29) is 0 Å². The van der Waals surface area contributed by atoms with Gasteiger partial charge in [0.1, 0.15) is 0 Å². The van der Waals surface area contributed by atoms with E-state index in [2.05, 4.69) is 37.9 Å². The Morgan fingerprint density at radius 1 is 1.25 bits per heavy atom. The van der Waals surface area contributed by atoms with Crippen LogP contribution in [0.1, 0.15) is 53.4 Å². The molecule has 1 rings (SSSR count). The minimum absolute atomic E-state index is 0.747. The molecule has 96 valence electrons. The van der Waals surface area contributed by atoms with Gasteiger partial charge < -0.3 is 5.32 Å². The summed E-state index contributed by atoms with van der Waals surface area (Å²) in [5.41, 5.74) is 0. The Morgan fingerprint density at radius 2 is 2.00 bits per heavy atom.